The van der Waals surface area contributed by atoms with Crippen LogP contribution in [0.15, 0.2) is 12.1 Å². The van der Waals surface area contributed by atoms with E-state index in [1.165, 1.54) is 0 Å². The van der Waals surface area contributed by atoms with E-state index in [1.54, 1.807) is 33.5 Å². The number of hydrogen-bond acceptors (Lipinski definition) is 6. The van der Waals surface area contributed by atoms with Crippen molar-refractivity contribution in [2.75, 3.05) is 33.6 Å². The van der Waals surface area contributed by atoms with Crippen molar-refractivity contribution in [3.63, 3.8) is 0 Å². The van der Waals surface area contributed by atoms with Gasteiger partial charge in [-0.15, -0.1) is 0 Å². The lowest BCUT2D eigenvalue weighted by atomic mass is 10.1. The minimum Gasteiger partial charge on any atom is -0.496 e. The number of nitrogens with one attached hydrogen (secondary N) is 1. The quantitative estimate of drug-likeness (QED) is 0.660. The second-order valence-corrected chi connectivity index (χ2v) is 5.80. The summed E-state index contributed by atoms with van der Waals surface area (Å²) in [7, 11) is 1.18. The van der Waals surface area contributed by atoms with Gasteiger partial charge in [0.1, 0.15) is 5.75 Å². The SMILES string of the molecule is COc1cc(OC)c(OC)cc1CNCCS(N)(=O)=O. The van der Waals surface area contributed by atoms with Gasteiger partial charge in [-0.1, -0.05) is 0 Å². The molecule has 8 heteroatoms. The third-order valence-corrected chi connectivity index (χ3v) is 3.44. The summed E-state index contributed by atoms with van der Waals surface area (Å²) in [6.07, 6.45) is 0. The van der Waals surface area contributed by atoms with E-state index in [0.29, 0.717) is 23.8 Å². The van der Waals surface area contributed by atoms with E-state index < -0.39 is 10.0 Å². The third kappa shape index (κ3) is 4.87. The number of nitrogens with two attached hydrogens (primary N) is 1. The predicted molar refractivity (Wildman–Crippen MR) is 75.8 cm³/mol. The number of sulfonamides is 1. The van der Waals surface area contributed by atoms with Crippen molar-refractivity contribution in [2.24, 2.45) is 5.14 Å². The zero-order valence-electron chi connectivity index (χ0n) is 11.8. The van der Waals surface area contributed by atoms with E-state index in [4.69, 9.17) is 19.3 Å². The number of hydrogen-bond donors (Lipinski definition) is 2. The van der Waals surface area contributed by atoms with Crippen LogP contribution in [0.25, 0.3) is 0 Å². The first-order chi connectivity index (χ1) is 9.41. The van der Waals surface area contributed by atoms with Crippen LogP contribution in [-0.4, -0.2) is 42.0 Å². The second-order valence-electron chi connectivity index (χ2n) is 4.06. The van der Waals surface area contributed by atoms with Crippen molar-refractivity contribution >= 4 is 10.0 Å². The summed E-state index contributed by atoms with van der Waals surface area (Å²) < 4.78 is 37.3. The molecule has 1 rings (SSSR count). The molecule has 3 N–H and O–H groups in total. The zero-order valence-corrected chi connectivity index (χ0v) is 12.6. The Bertz CT molecular complexity index is 545. The average Bonchev–Trinajstić information content (AvgIpc) is 2.41. The van der Waals surface area contributed by atoms with Gasteiger partial charge in [0.25, 0.3) is 0 Å². The van der Waals surface area contributed by atoms with Crippen LogP contribution < -0.4 is 24.7 Å². The lowest BCUT2D eigenvalue weighted by Gasteiger charge is -2.14. The molecule has 1 aromatic carbocycles. The molecular formula is C12H20N2O5S. The van der Waals surface area contributed by atoms with Gasteiger partial charge in [0.05, 0.1) is 27.1 Å². The Kier molecular flexibility index (Phi) is 6.05. The number of benzene rings is 1. The Morgan fingerprint density at radius 1 is 1.05 bits per heavy atom. The van der Waals surface area contributed by atoms with Crippen LogP contribution in [0, 0.1) is 0 Å². The van der Waals surface area contributed by atoms with Gasteiger partial charge >= 0.3 is 0 Å². The lowest BCUT2D eigenvalue weighted by Crippen LogP contribution is -2.26. The summed E-state index contributed by atoms with van der Waals surface area (Å²) in [4.78, 5) is 0. The standard InChI is InChI=1S/C12H20N2O5S/c1-17-10-7-12(19-3)11(18-2)6-9(10)8-14-4-5-20(13,15)16/h6-7,14H,4-5,8H2,1-3H3,(H2,13,15,16). The van der Waals surface area contributed by atoms with Crippen molar-refractivity contribution in [2.45, 2.75) is 6.54 Å². The topological polar surface area (TPSA) is 99.9 Å². The maximum absolute atomic E-state index is 10.8. The van der Waals surface area contributed by atoms with Gasteiger partial charge < -0.3 is 19.5 Å². The summed E-state index contributed by atoms with van der Waals surface area (Å²) in [6.45, 7) is 0.690. The second kappa shape index (κ2) is 7.32. The molecule has 20 heavy (non-hydrogen) atoms. The van der Waals surface area contributed by atoms with Crippen LogP contribution in [0.2, 0.25) is 0 Å². The van der Waals surface area contributed by atoms with Crippen molar-refractivity contribution in [3.05, 3.63) is 17.7 Å². The van der Waals surface area contributed by atoms with Gasteiger partial charge in [-0.2, -0.15) is 0 Å². The molecule has 0 aliphatic carbocycles. The van der Waals surface area contributed by atoms with Crippen molar-refractivity contribution < 1.29 is 22.6 Å². The molecule has 0 amide bonds. The van der Waals surface area contributed by atoms with Crippen LogP contribution in [0.5, 0.6) is 17.2 Å². The first-order valence-electron chi connectivity index (χ1n) is 5.91. The van der Waals surface area contributed by atoms with E-state index in [9.17, 15) is 8.42 Å². The summed E-state index contributed by atoms with van der Waals surface area (Å²) in [5, 5.41) is 7.91. The molecule has 114 valence electrons. The molecule has 0 aromatic heterocycles. The normalized spacial score (nSPS) is 11.2. The highest BCUT2D eigenvalue weighted by Gasteiger charge is 2.11. The molecule has 0 aliphatic heterocycles. The molecule has 0 bridgehead atoms. The molecule has 0 radical (unpaired) electrons. The first kappa shape index (κ1) is 16.5. The van der Waals surface area contributed by atoms with Gasteiger partial charge in [-0.05, 0) is 6.07 Å². The van der Waals surface area contributed by atoms with Gasteiger partial charge in [0, 0.05) is 24.7 Å². The van der Waals surface area contributed by atoms with E-state index >= 15 is 0 Å². The van der Waals surface area contributed by atoms with Gasteiger partial charge in [0.2, 0.25) is 10.0 Å². The van der Waals surface area contributed by atoms with Crippen LogP contribution in [-0.2, 0) is 16.6 Å². The minimum atomic E-state index is -3.46. The predicted octanol–water partition coefficient (Wildman–Crippen LogP) is 0.0905. The Hall–Kier alpha value is -1.51. The third-order valence-electron chi connectivity index (χ3n) is 2.67. The monoisotopic (exact) mass is 304 g/mol. The van der Waals surface area contributed by atoms with Crippen molar-refractivity contribution in [1.82, 2.24) is 5.32 Å². The molecule has 0 unspecified atom stereocenters. The number of ether oxygens (including phenoxy) is 3. The number of methoxy groups -OCH3 is 3. The maximum atomic E-state index is 10.8. The first-order valence-corrected chi connectivity index (χ1v) is 7.63. The van der Waals surface area contributed by atoms with Gasteiger partial charge in [-0.25, -0.2) is 13.6 Å². The van der Waals surface area contributed by atoms with Crippen molar-refractivity contribution in [3.8, 4) is 17.2 Å². The van der Waals surface area contributed by atoms with Gasteiger partial charge in [-0.3, -0.25) is 0 Å². The molecule has 1 aromatic rings. The molecule has 0 spiro atoms. The fourth-order valence-corrected chi connectivity index (χ4v) is 2.10. The van der Waals surface area contributed by atoms with Crippen LogP contribution in [0.4, 0.5) is 0 Å². The summed E-state index contributed by atoms with van der Waals surface area (Å²) in [5.74, 6) is 1.66. The Balaban J connectivity index is 2.78. The highest BCUT2D eigenvalue weighted by Crippen LogP contribution is 2.34. The molecule has 0 heterocycles. The van der Waals surface area contributed by atoms with Crippen LogP contribution in [0.3, 0.4) is 0 Å². The summed E-state index contributed by atoms with van der Waals surface area (Å²) in [6, 6.07) is 3.50. The maximum Gasteiger partial charge on any atom is 0.210 e. The van der Waals surface area contributed by atoms with E-state index in [0.717, 1.165) is 5.56 Å². The molecule has 0 saturated heterocycles. The largest absolute Gasteiger partial charge is 0.496 e. The molecule has 0 saturated carbocycles. The highest BCUT2D eigenvalue weighted by molar-refractivity contribution is 7.89. The fourth-order valence-electron chi connectivity index (χ4n) is 1.67. The molecule has 0 atom stereocenters. The number of primary sulfonamides is 1. The Morgan fingerprint density at radius 2 is 1.60 bits per heavy atom. The highest BCUT2D eigenvalue weighted by atomic mass is 32.2. The zero-order chi connectivity index (χ0) is 15.2. The van der Waals surface area contributed by atoms with E-state index in [2.05, 4.69) is 5.32 Å². The Morgan fingerprint density at radius 3 is 2.10 bits per heavy atom. The minimum absolute atomic E-state index is 0.122. The van der Waals surface area contributed by atoms with E-state index in [1.807, 2.05) is 0 Å². The Labute approximate surface area is 119 Å². The lowest BCUT2D eigenvalue weighted by molar-refractivity contribution is 0.347. The summed E-state index contributed by atoms with van der Waals surface area (Å²) >= 11 is 0. The van der Waals surface area contributed by atoms with Crippen LogP contribution >= 0.6 is 0 Å². The average molecular weight is 304 g/mol. The fraction of sp³-hybridized carbons (Fsp3) is 0.500. The smallest absolute Gasteiger partial charge is 0.210 e. The molecule has 7 nitrogen and oxygen atoms in total. The van der Waals surface area contributed by atoms with E-state index in [-0.39, 0.29) is 12.3 Å². The van der Waals surface area contributed by atoms with Crippen molar-refractivity contribution in [1.29, 1.82) is 0 Å². The molecule has 0 fully saturated rings. The van der Waals surface area contributed by atoms with Gasteiger partial charge in [0.15, 0.2) is 11.5 Å². The number of rotatable bonds is 8. The van der Waals surface area contributed by atoms with Crippen LogP contribution in [0.1, 0.15) is 5.56 Å². The molecular weight excluding hydrogens is 284 g/mol. The molecule has 0 aliphatic rings. The summed E-state index contributed by atoms with van der Waals surface area (Å²) in [5.41, 5.74) is 0.833.